The molecule has 2 aromatic rings. The summed E-state index contributed by atoms with van der Waals surface area (Å²) >= 11 is 0. The molecule has 0 N–H and O–H groups in total. The minimum Gasteiger partial charge on any atom is -0.444 e. The molecule has 1 amide bonds. The highest BCUT2D eigenvalue weighted by molar-refractivity contribution is 5.70. The van der Waals surface area contributed by atoms with Crippen LogP contribution in [0.3, 0.4) is 0 Å². The number of rotatable bonds is 1. The molecule has 3 heterocycles. The number of carbonyl (C=O) groups is 1. The number of hydrogen-bond acceptors (Lipinski definition) is 5. The molecule has 2 aromatic heterocycles. The van der Waals surface area contributed by atoms with Crippen LogP contribution in [0.25, 0.3) is 11.1 Å². The van der Waals surface area contributed by atoms with Gasteiger partial charge in [0.05, 0.1) is 25.0 Å². The summed E-state index contributed by atoms with van der Waals surface area (Å²) in [6.07, 6.45) is 6.49. The summed E-state index contributed by atoms with van der Waals surface area (Å²) in [5.41, 5.74) is 2.33. The molecule has 0 spiro atoms. The molecule has 0 bridgehead atoms. The highest BCUT2D eigenvalue weighted by Gasteiger charge is 2.28. The molecule has 1 aliphatic rings. The summed E-state index contributed by atoms with van der Waals surface area (Å²) in [4.78, 5) is 22.0. The number of ether oxygens (including phenoxy) is 1. The van der Waals surface area contributed by atoms with Crippen LogP contribution in [0.4, 0.5) is 4.79 Å². The van der Waals surface area contributed by atoms with E-state index in [2.05, 4.69) is 15.1 Å². The molecule has 0 fully saturated rings. The Hall–Kier alpha value is -2.44. The summed E-state index contributed by atoms with van der Waals surface area (Å²) in [6, 6.07) is 0. The lowest BCUT2D eigenvalue weighted by Crippen LogP contribution is -2.41. The molecule has 0 unspecified atom stereocenters. The van der Waals surface area contributed by atoms with E-state index in [0.717, 1.165) is 16.8 Å². The molecule has 0 saturated carbocycles. The normalized spacial score (nSPS) is 14.6. The monoisotopic (exact) mass is 301 g/mol. The average Bonchev–Trinajstić information content (AvgIpc) is 2.89. The van der Waals surface area contributed by atoms with Gasteiger partial charge in [-0.15, -0.1) is 0 Å². The van der Waals surface area contributed by atoms with Crippen LogP contribution in [0, 0.1) is 0 Å². The van der Waals surface area contributed by atoms with Gasteiger partial charge in [0.2, 0.25) is 0 Å². The van der Waals surface area contributed by atoms with Crippen molar-refractivity contribution in [3.63, 3.8) is 0 Å². The van der Waals surface area contributed by atoms with Crippen LogP contribution in [0.15, 0.2) is 24.9 Å². The van der Waals surface area contributed by atoms with Crippen LogP contribution in [0.2, 0.25) is 0 Å². The number of amides is 1. The molecular weight excluding hydrogens is 282 g/mol. The lowest BCUT2D eigenvalue weighted by Gasteiger charge is -2.30. The first-order chi connectivity index (χ1) is 10.4. The Balaban J connectivity index is 1.83. The maximum atomic E-state index is 12.2. The predicted octanol–water partition coefficient (Wildman–Crippen LogP) is 2.09. The maximum Gasteiger partial charge on any atom is 0.410 e. The van der Waals surface area contributed by atoms with Crippen molar-refractivity contribution in [2.75, 3.05) is 6.54 Å². The van der Waals surface area contributed by atoms with E-state index in [-0.39, 0.29) is 6.09 Å². The Morgan fingerprint density at radius 3 is 2.59 bits per heavy atom. The third-order valence-corrected chi connectivity index (χ3v) is 3.39. The van der Waals surface area contributed by atoms with Crippen molar-refractivity contribution in [3.05, 3.63) is 30.6 Å². The maximum absolute atomic E-state index is 12.2. The highest BCUT2D eigenvalue weighted by Crippen LogP contribution is 2.26. The topological polar surface area (TPSA) is 73.1 Å². The van der Waals surface area contributed by atoms with E-state index in [0.29, 0.717) is 19.6 Å². The number of carbonyl (C=O) groups excluding carboxylic acids is 1. The standard InChI is InChI=1S/C15H19N5O2/c1-15(2,3)22-14(21)19-4-5-20-13(9-19)12(8-18-20)11-6-16-10-17-7-11/h6-8,10H,4-5,9H2,1-3H3. The van der Waals surface area contributed by atoms with E-state index < -0.39 is 5.60 Å². The van der Waals surface area contributed by atoms with Gasteiger partial charge in [-0.25, -0.2) is 14.8 Å². The minimum absolute atomic E-state index is 0.296. The molecule has 0 radical (unpaired) electrons. The minimum atomic E-state index is -0.495. The van der Waals surface area contributed by atoms with Crippen molar-refractivity contribution < 1.29 is 9.53 Å². The van der Waals surface area contributed by atoms with Crippen molar-refractivity contribution in [2.24, 2.45) is 0 Å². The number of aromatic nitrogens is 4. The van der Waals surface area contributed by atoms with Gasteiger partial charge in [0.1, 0.15) is 11.9 Å². The van der Waals surface area contributed by atoms with E-state index in [1.807, 2.05) is 25.5 Å². The summed E-state index contributed by atoms with van der Waals surface area (Å²) in [7, 11) is 0. The van der Waals surface area contributed by atoms with Gasteiger partial charge in [0.25, 0.3) is 0 Å². The predicted molar refractivity (Wildman–Crippen MR) is 79.9 cm³/mol. The number of fused-ring (bicyclic) bond motifs is 1. The fraction of sp³-hybridized carbons (Fsp3) is 0.467. The summed E-state index contributed by atoms with van der Waals surface area (Å²) in [5.74, 6) is 0. The van der Waals surface area contributed by atoms with Crippen molar-refractivity contribution in [1.82, 2.24) is 24.6 Å². The van der Waals surface area contributed by atoms with Gasteiger partial charge < -0.3 is 9.64 Å². The molecule has 0 aromatic carbocycles. The summed E-state index contributed by atoms with van der Waals surface area (Å²) < 4.78 is 7.37. The van der Waals surface area contributed by atoms with Gasteiger partial charge in [-0.3, -0.25) is 4.68 Å². The Morgan fingerprint density at radius 1 is 1.18 bits per heavy atom. The van der Waals surface area contributed by atoms with Crippen LogP contribution >= 0.6 is 0 Å². The van der Waals surface area contributed by atoms with Crippen LogP contribution in [-0.4, -0.2) is 42.9 Å². The first-order valence-electron chi connectivity index (χ1n) is 7.22. The van der Waals surface area contributed by atoms with Gasteiger partial charge in [-0.05, 0) is 20.8 Å². The second kappa shape index (κ2) is 5.40. The van der Waals surface area contributed by atoms with E-state index in [1.165, 1.54) is 6.33 Å². The molecule has 7 heteroatoms. The molecular formula is C15H19N5O2. The first-order valence-corrected chi connectivity index (χ1v) is 7.22. The zero-order valence-electron chi connectivity index (χ0n) is 13.0. The highest BCUT2D eigenvalue weighted by atomic mass is 16.6. The quantitative estimate of drug-likeness (QED) is 0.806. The van der Waals surface area contributed by atoms with Gasteiger partial charge in [0.15, 0.2) is 0 Å². The van der Waals surface area contributed by atoms with Gasteiger partial charge >= 0.3 is 6.09 Å². The lowest BCUT2D eigenvalue weighted by atomic mass is 10.1. The Labute approximate surface area is 128 Å². The van der Waals surface area contributed by atoms with Crippen molar-refractivity contribution in [3.8, 4) is 11.1 Å². The lowest BCUT2D eigenvalue weighted by molar-refractivity contribution is 0.0195. The molecule has 7 nitrogen and oxygen atoms in total. The molecule has 0 atom stereocenters. The van der Waals surface area contributed by atoms with E-state index in [4.69, 9.17) is 4.74 Å². The third kappa shape index (κ3) is 2.93. The average molecular weight is 301 g/mol. The zero-order chi connectivity index (χ0) is 15.7. The van der Waals surface area contributed by atoms with Crippen LogP contribution in [0.5, 0.6) is 0 Å². The van der Waals surface area contributed by atoms with Gasteiger partial charge in [0, 0.05) is 30.1 Å². The van der Waals surface area contributed by atoms with Gasteiger partial charge in [-0.1, -0.05) is 0 Å². The van der Waals surface area contributed by atoms with E-state index >= 15 is 0 Å². The third-order valence-electron chi connectivity index (χ3n) is 3.39. The Morgan fingerprint density at radius 2 is 1.91 bits per heavy atom. The Bertz CT molecular complexity index is 675. The zero-order valence-corrected chi connectivity index (χ0v) is 13.0. The largest absolute Gasteiger partial charge is 0.444 e. The summed E-state index contributed by atoms with van der Waals surface area (Å²) in [6.45, 7) is 7.32. The van der Waals surface area contributed by atoms with E-state index in [9.17, 15) is 4.79 Å². The Kier molecular flexibility index (Phi) is 3.56. The van der Waals surface area contributed by atoms with Crippen LogP contribution in [0.1, 0.15) is 26.5 Å². The second-order valence-corrected chi connectivity index (χ2v) is 6.26. The van der Waals surface area contributed by atoms with Crippen molar-refractivity contribution in [1.29, 1.82) is 0 Å². The molecule has 22 heavy (non-hydrogen) atoms. The second-order valence-electron chi connectivity index (χ2n) is 6.26. The van der Waals surface area contributed by atoms with Crippen LogP contribution < -0.4 is 0 Å². The summed E-state index contributed by atoms with van der Waals surface area (Å²) in [5, 5.41) is 4.38. The molecule has 0 aliphatic carbocycles. The fourth-order valence-corrected chi connectivity index (χ4v) is 2.41. The first kappa shape index (κ1) is 14.5. The number of hydrogen-bond donors (Lipinski definition) is 0. The van der Waals surface area contributed by atoms with E-state index in [1.54, 1.807) is 23.5 Å². The number of nitrogens with zero attached hydrogens (tertiary/aromatic N) is 5. The molecule has 3 rings (SSSR count). The SMILES string of the molecule is CC(C)(C)OC(=O)N1CCn2ncc(-c3cncnc3)c2C1. The molecule has 1 aliphatic heterocycles. The van der Waals surface area contributed by atoms with Crippen molar-refractivity contribution >= 4 is 6.09 Å². The smallest absolute Gasteiger partial charge is 0.410 e. The van der Waals surface area contributed by atoms with Crippen molar-refractivity contribution in [2.45, 2.75) is 39.5 Å². The molecule has 0 saturated heterocycles. The van der Waals surface area contributed by atoms with Gasteiger partial charge in [-0.2, -0.15) is 5.10 Å². The molecule has 116 valence electrons. The fourth-order valence-electron chi connectivity index (χ4n) is 2.41. The van der Waals surface area contributed by atoms with Crippen LogP contribution in [-0.2, 0) is 17.8 Å².